The number of hydrogen-bond acceptors (Lipinski definition) is 2. The van der Waals surface area contributed by atoms with Crippen molar-refractivity contribution in [2.24, 2.45) is 0 Å². The second kappa shape index (κ2) is 6.84. The van der Waals surface area contributed by atoms with E-state index in [1.165, 1.54) is 5.56 Å². The van der Waals surface area contributed by atoms with Gasteiger partial charge in [0.05, 0.1) is 17.5 Å². The number of fused-ring (bicyclic) bond motifs is 1. The SMILES string of the molecule is O=C(O)Cc1ccc(-c2nc3ccccc3n2Cc2ccccc2)cc1. The molecule has 26 heavy (non-hydrogen) atoms. The van der Waals surface area contributed by atoms with Gasteiger partial charge in [0.25, 0.3) is 0 Å². The fraction of sp³-hybridized carbons (Fsp3) is 0.0909. The summed E-state index contributed by atoms with van der Waals surface area (Å²) in [4.78, 5) is 15.7. The summed E-state index contributed by atoms with van der Waals surface area (Å²) in [7, 11) is 0. The van der Waals surface area contributed by atoms with Crippen LogP contribution in [-0.4, -0.2) is 20.6 Å². The lowest BCUT2D eigenvalue weighted by Gasteiger charge is -2.10. The Morgan fingerprint density at radius 2 is 1.54 bits per heavy atom. The van der Waals surface area contributed by atoms with Crippen LogP contribution in [0.1, 0.15) is 11.1 Å². The van der Waals surface area contributed by atoms with Gasteiger partial charge in [0.15, 0.2) is 0 Å². The minimum Gasteiger partial charge on any atom is -0.481 e. The van der Waals surface area contributed by atoms with Crippen LogP contribution in [0.4, 0.5) is 0 Å². The van der Waals surface area contributed by atoms with E-state index in [2.05, 4.69) is 22.8 Å². The Morgan fingerprint density at radius 1 is 0.846 bits per heavy atom. The first-order valence-electron chi connectivity index (χ1n) is 8.51. The summed E-state index contributed by atoms with van der Waals surface area (Å²) < 4.78 is 2.21. The molecule has 1 aromatic heterocycles. The van der Waals surface area contributed by atoms with Crippen LogP contribution >= 0.6 is 0 Å². The molecule has 0 fully saturated rings. The average Bonchev–Trinajstić information content (AvgIpc) is 3.01. The van der Waals surface area contributed by atoms with E-state index in [4.69, 9.17) is 10.1 Å². The lowest BCUT2D eigenvalue weighted by Crippen LogP contribution is -2.03. The number of benzene rings is 3. The second-order valence-electron chi connectivity index (χ2n) is 6.26. The summed E-state index contributed by atoms with van der Waals surface area (Å²) in [5, 5.41) is 8.94. The van der Waals surface area contributed by atoms with Gasteiger partial charge >= 0.3 is 5.97 Å². The molecule has 0 aliphatic carbocycles. The minimum atomic E-state index is -0.825. The molecule has 3 aromatic carbocycles. The molecule has 0 amide bonds. The number of carboxylic acids is 1. The van der Waals surface area contributed by atoms with Crippen molar-refractivity contribution in [1.82, 2.24) is 9.55 Å². The monoisotopic (exact) mass is 342 g/mol. The van der Waals surface area contributed by atoms with E-state index in [-0.39, 0.29) is 6.42 Å². The van der Waals surface area contributed by atoms with Gasteiger partial charge in [-0.25, -0.2) is 4.98 Å². The molecule has 0 radical (unpaired) electrons. The Hall–Kier alpha value is -3.40. The zero-order valence-electron chi connectivity index (χ0n) is 14.2. The van der Waals surface area contributed by atoms with E-state index in [9.17, 15) is 4.79 Å². The van der Waals surface area contributed by atoms with E-state index in [1.54, 1.807) is 0 Å². The van der Waals surface area contributed by atoms with E-state index >= 15 is 0 Å². The van der Waals surface area contributed by atoms with Crippen molar-refractivity contribution in [3.8, 4) is 11.4 Å². The van der Waals surface area contributed by atoms with Crippen LogP contribution in [-0.2, 0) is 17.8 Å². The van der Waals surface area contributed by atoms with Crippen LogP contribution < -0.4 is 0 Å². The number of rotatable bonds is 5. The number of hydrogen-bond donors (Lipinski definition) is 1. The molecule has 1 N–H and O–H groups in total. The number of imidazole rings is 1. The highest BCUT2D eigenvalue weighted by molar-refractivity contribution is 5.81. The summed E-state index contributed by atoms with van der Waals surface area (Å²) in [6.07, 6.45) is 0.0285. The van der Waals surface area contributed by atoms with Crippen molar-refractivity contribution in [3.63, 3.8) is 0 Å². The normalized spacial score (nSPS) is 10.9. The number of carbonyl (C=O) groups is 1. The summed E-state index contributed by atoms with van der Waals surface area (Å²) in [5.41, 5.74) is 5.01. The fourth-order valence-corrected chi connectivity index (χ4v) is 3.17. The van der Waals surface area contributed by atoms with Crippen LogP contribution in [0.15, 0.2) is 78.9 Å². The maximum absolute atomic E-state index is 10.9. The van der Waals surface area contributed by atoms with Gasteiger partial charge in [-0.2, -0.15) is 0 Å². The number of nitrogens with zero attached hydrogens (tertiary/aromatic N) is 2. The molecule has 0 unspecified atom stereocenters. The second-order valence-corrected chi connectivity index (χ2v) is 6.26. The summed E-state index contributed by atoms with van der Waals surface area (Å²) in [5.74, 6) is 0.0611. The van der Waals surface area contributed by atoms with Gasteiger partial charge in [0, 0.05) is 12.1 Å². The van der Waals surface area contributed by atoms with Gasteiger partial charge < -0.3 is 9.67 Å². The Labute approximate surface area is 151 Å². The molecule has 4 nitrogen and oxygen atoms in total. The van der Waals surface area contributed by atoms with Crippen LogP contribution in [0.3, 0.4) is 0 Å². The molecule has 0 saturated heterocycles. The summed E-state index contributed by atoms with van der Waals surface area (Å²) in [6, 6.07) is 26.0. The Kier molecular flexibility index (Phi) is 4.23. The average molecular weight is 342 g/mol. The predicted octanol–water partition coefficient (Wildman–Crippen LogP) is 4.38. The molecule has 0 spiro atoms. The molecule has 0 atom stereocenters. The molecule has 0 saturated carbocycles. The fourth-order valence-electron chi connectivity index (χ4n) is 3.17. The number of aromatic nitrogens is 2. The first-order chi connectivity index (χ1) is 12.7. The van der Waals surface area contributed by atoms with Gasteiger partial charge in [-0.15, -0.1) is 0 Å². The highest BCUT2D eigenvalue weighted by Crippen LogP contribution is 2.26. The molecule has 4 rings (SSSR count). The van der Waals surface area contributed by atoms with E-state index < -0.39 is 5.97 Å². The predicted molar refractivity (Wildman–Crippen MR) is 102 cm³/mol. The van der Waals surface area contributed by atoms with E-state index in [1.807, 2.05) is 60.7 Å². The zero-order chi connectivity index (χ0) is 17.9. The Balaban J connectivity index is 1.79. The lowest BCUT2D eigenvalue weighted by atomic mass is 10.1. The third kappa shape index (κ3) is 3.22. The molecule has 0 bridgehead atoms. The van der Waals surface area contributed by atoms with E-state index in [0.717, 1.165) is 34.5 Å². The van der Waals surface area contributed by atoms with E-state index in [0.29, 0.717) is 0 Å². The lowest BCUT2D eigenvalue weighted by molar-refractivity contribution is -0.136. The molecule has 4 aromatic rings. The molecular formula is C22H18N2O2. The Morgan fingerprint density at radius 3 is 2.27 bits per heavy atom. The first-order valence-corrected chi connectivity index (χ1v) is 8.51. The zero-order valence-corrected chi connectivity index (χ0v) is 14.2. The van der Waals surface area contributed by atoms with Gasteiger partial charge in [-0.3, -0.25) is 4.79 Å². The topological polar surface area (TPSA) is 55.1 Å². The van der Waals surface area contributed by atoms with Crippen molar-refractivity contribution in [2.75, 3.05) is 0 Å². The molecule has 1 heterocycles. The van der Waals surface area contributed by atoms with Gasteiger partial charge in [-0.05, 0) is 23.3 Å². The maximum atomic E-state index is 10.9. The minimum absolute atomic E-state index is 0.0285. The van der Waals surface area contributed by atoms with Crippen LogP contribution in [0, 0.1) is 0 Å². The van der Waals surface area contributed by atoms with Gasteiger partial charge in [0.1, 0.15) is 5.82 Å². The summed E-state index contributed by atoms with van der Waals surface area (Å²) >= 11 is 0. The van der Waals surface area contributed by atoms with Crippen molar-refractivity contribution in [3.05, 3.63) is 90.0 Å². The maximum Gasteiger partial charge on any atom is 0.307 e. The number of aliphatic carboxylic acids is 1. The quantitative estimate of drug-likeness (QED) is 0.585. The number of carboxylic acid groups (broad SMARTS) is 1. The van der Waals surface area contributed by atoms with Crippen LogP contribution in [0.5, 0.6) is 0 Å². The van der Waals surface area contributed by atoms with Crippen molar-refractivity contribution in [1.29, 1.82) is 0 Å². The largest absolute Gasteiger partial charge is 0.481 e. The third-order valence-electron chi connectivity index (χ3n) is 4.41. The smallest absolute Gasteiger partial charge is 0.307 e. The molecule has 0 aliphatic heterocycles. The van der Waals surface area contributed by atoms with Gasteiger partial charge in [0.2, 0.25) is 0 Å². The molecule has 128 valence electrons. The van der Waals surface area contributed by atoms with Crippen molar-refractivity contribution in [2.45, 2.75) is 13.0 Å². The molecule has 0 aliphatic rings. The molecule has 4 heteroatoms. The number of para-hydroxylation sites is 2. The molecular weight excluding hydrogens is 324 g/mol. The third-order valence-corrected chi connectivity index (χ3v) is 4.41. The standard InChI is InChI=1S/C22H18N2O2/c25-21(26)14-16-10-12-18(13-11-16)22-23-19-8-4-5-9-20(19)24(22)15-17-6-2-1-3-7-17/h1-13H,14-15H2,(H,25,26). The van der Waals surface area contributed by atoms with Crippen LogP contribution in [0.25, 0.3) is 22.4 Å². The van der Waals surface area contributed by atoms with Crippen LogP contribution in [0.2, 0.25) is 0 Å². The van der Waals surface area contributed by atoms with Gasteiger partial charge in [-0.1, -0.05) is 66.7 Å². The van der Waals surface area contributed by atoms with Crippen molar-refractivity contribution < 1.29 is 9.90 Å². The van der Waals surface area contributed by atoms with Crippen molar-refractivity contribution >= 4 is 17.0 Å². The highest BCUT2D eigenvalue weighted by atomic mass is 16.4. The highest BCUT2D eigenvalue weighted by Gasteiger charge is 2.13. The Bertz CT molecular complexity index is 1050. The first kappa shape index (κ1) is 16.1. The summed E-state index contributed by atoms with van der Waals surface area (Å²) in [6.45, 7) is 0.730.